The number of amides is 1. The van der Waals surface area contributed by atoms with Crippen LogP contribution in [0.5, 0.6) is 0 Å². The van der Waals surface area contributed by atoms with Crippen LogP contribution in [-0.4, -0.2) is 30.1 Å². The number of carbonyl (C=O) groups is 1. The van der Waals surface area contributed by atoms with Crippen LogP contribution in [0.4, 0.5) is 5.82 Å². The van der Waals surface area contributed by atoms with E-state index >= 15 is 0 Å². The minimum atomic E-state index is -1.13. The zero-order valence-electron chi connectivity index (χ0n) is 18.4. The van der Waals surface area contributed by atoms with E-state index in [2.05, 4.69) is 73.0 Å². The average Bonchev–Trinajstić information content (AvgIpc) is 3.48. The van der Waals surface area contributed by atoms with Gasteiger partial charge < -0.3 is 14.6 Å². The first kappa shape index (κ1) is 20.8. The zero-order chi connectivity index (χ0) is 21.3. The lowest BCUT2D eigenvalue weighted by atomic mass is 10.0. The molecule has 0 unspecified atom stereocenters. The van der Waals surface area contributed by atoms with Crippen molar-refractivity contribution >= 4 is 30.8 Å². The van der Waals surface area contributed by atoms with Crippen LogP contribution >= 0.6 is 0 Å². The van der Waals surface area contributed by atoms with E-state index in [9.17, 15) is 4.79 Å². The minimum absolute atomic E-state index is 0.0745. The van der Waals surface area contributed by atoms with Gasteiger partial charge in [-0.05, 0) is 49.1 Å². The van der Waals surface area contributed by atoms with Gasteiger partial charge in [-0.2, -0.15) is 0 Å². The Bertz CT molecular complexity index is 1060. The first-order valence-corrected chi connectivity index (χ1v) is 14.5. The number of hydrogen-bond acceptors (Lipinski definition) is 3. The van der Waals surface area contributed by atoms with Crippen molar-refractivity contribution in [2.75, 3.05) is 11.9 Å². The third kappa shape index (κ3) is 4.82. The van der Waals surface area contributed by atoms with Gasteiger partial charge in [0.05, 0.1) is 0 Å². The molecule has 0 aliphatic heterocycles. The maximum atomic E-state index is 12.2. The number of nitrogens with one attached hydrogen (secondary N) is 1. The molecule has 1 N–H and O–H groups in total. The molecule has 1 aromatic carbocycles. The van der Waals surface area contributed by atoms with Crippen LogP contribution in [0.1, 0.15) is 18.4 Å². The zero-order valence-corrected chi connectivity index (χ0v) is 19.4. The SMILES string of the molecule is Cc1ccccc1-c1cn(COCC[Si](C)(C)C)c2nc(NC(=O)C3CC3)ccc12. The molecule has 5 nitrogen and oxygen atoms in total. The molecule has 0 atom stereocenters. The molecule has 0 bridgehead atoms. The van der Waals surface area contributed by atoms with Crippen LogP contribution in [0.25, 0.3) is 22.2 Å². The normalized spacial score (nSPS) is 14.3. The lowest BCUT2D eigenvalue weighted by Crippen LogP contribution is -2.22. The number of nitrogens with zero attached hydrogens (tertiary/aromatic N) is 2. The molecule has 0 spiro atoms. The van der Waals surface area contributed by atoms with Gasteiger partial charge in [-0.25, -0.2) is 4.98 Å². The summed E-state index contributed by atoms with van der Waals surface area (Å²) in [7, 11) is -1.13. The molecule has 0 radical (unpaired) electrons. The van der Waals surface area contributed by atoms with E-state index in [0.29, 0.717) is 12.5 Å². The van der Waals surface area contributed by atoms with Crippen LogP contribution in [0, 0.1) is 12.8 Å². The van der Waals surface area contributed by atoms with E-state index in [0.717, 1.165) is 42.1 Å². The van der Waals surface area contributed by atoms with E-state index in [1.54, 1.807) is 0 Å². The Labute approximate surface area is 179 Å². The van der Waals surface area contributed by atoms with Gasteiger partial charge in [-0.1, -0.05) is 43.9 Å². The van der Waals surface area contributed by atoms with Gasteiger partial charge in [0.25, 0.3) is 0 Å². The van der Waals surface area contributed by atoms with Gasteiger partial charge in [-0.3, -0.25) is 4.79 Å². The van der Waals surface area contributed by atoms with Crippen LogP contribution in [-0.2, 0) is 16.3 Å². The quantitative estimate of drug-likeness (QED) is 0.376. The van der Waals surface area contributed by atoms with E-state index in [1.807, 2.05) is 6.07 Å². The fourth-order valence-corrected chi connectivity index (χ4v) is 4.29. The summed E-state index contributed by atoms with van der Waals surface area (Å²) in [6.07, 6.45) is 4.08. The van der Waals surface area contributed by atoms with Crippen LogP contribution in [0.3, 0.4) is 0 Å². The van der Waals surface area contributed by atoms with Gasteiger partial charge in [0.15, 0.2) is 0 Å². The summed E-state index contributed by atoms with van der Waals surface area (Å²) in [4.78, 5) is 17.0. The molecule has 4 rings (SSSR count). The van der Waals surface area contributed by atoms with Crippen molar-refractivity contribution in [3.05, 3.63) is 48.2 Å². The van der Waals surface area contributed by atoms with Crippen molar-refractivity contribution in [2.24, 2.45) is 5.92 Å². The number of anilines is 1. The van der Waals surface area contributed by atoms with Crippen molar-refractivity contribution in [2.45, 2.75) is 52.2 Å². The summed E-state index contributed by atoms with van der Waals surface area (Å²) in [6, 6.07) is 13.5. The molecular formula is C24H31N3O2Si. The maximum Gasteiger partial charge on any atom is 0.228 e. The molecule has 0 saturated heterocycles. The Balaban J connectivity index is 1.66. The van der Waals surface area contributed by atoms with E-state index in [4.69, 9.17) is 9.72 Å². The topological polar surface area (TPSA) is 56.1 Å². The highest BCUT2D eigenvalue weighted by Gasteiger charge is 2.30. The summed E-state index contributed by atoms with van der Waals surface area (Å²) >= 11 is 0. The van der Waals surface area contributed by atoms with Crippen LogP contribution < -0.4 is 5.32 Å². The third-order valence-electron chi connectivity index (χ3n) is 5.58. The second-order valence-electron chi connectivity index (χ2n) is 9.51. The molecule has 1 aliphatic rings. The van der Waals surface area contributed by atoms with Crippen LogP contribution in [0.15, 0.2) is 42.6 Å². The predicted molar refractivity (Wildman–Crippen MR) is 125 cm³/mol. The first-order valence-electron chi connectivity index (χ1n) is 10.8. The Morgan fingerprint density at radius 2 is 1.93 bits per heavy atom. The van der Waals surface area contributed by atoms with E-state index in [1.165, 1.54) is 11.1 Å². The molecular weight excluding hydrogens is 390 g/mol. The Hall–Kier alpha value is -2.44. The predicted octanol–water partition coefficient (Wildman–Crippen LogP) is 5.67. The van der Waals surface area contributed by atoms with Crippen molar-refractivity contribution in [1.82, 2.24) is 9.55 Å². The number of aryl methyl sites for hydroxylation is 1. The number of benzene rings is 1. The number of carbonyl (C=O) groups excluding carboxylic acids is 1. The molecule has 1 aliphatic carbocycles. The number of rotatable bonds is 8. The minimum Gasteiger partial charge on any atom is -0.361 e. The Morgan fingerprint density at radius 3 is 2.63 bits per heavy atom. The Morgan fingerprint density at radius 1 is 1.17 bits per heavy atom. The molecule has 1 saturated carbocycles. The number of hydrogen-bond donors (Lipinski definition) is 1. The third-order valence-corrected chi connectivity index (χ3v) is 7.29. The second kappa shape index (κ2) is 8.36. The molecule has 1 fully saturated rings. The van der Waals surface area contributed by atoms with Gasteiger partial charge in [0, 0.05) is 37.7 Å². The number of aromatic nitrogens is 2. The highest BCUT2D eigenvalue weighted by Crippen LogP contribution is 2.34. The van der Waals surface area contributed by atoms with Crippen molar-refractivity contribution in [1.29, 1.82) is 0 Å². The number of fused-ring (bicyclic) bond motifs is 1. The summed E-state index contributed by atoms with van der Waals surface area (Å²) < 4.78 is 8.09. The highest BCUT2D eigenvalue weighted by molar-refractivity contribution is 6.76. The van der Waals surface area contributed by atoms with Crippen molar-refractivity contribution in [3.63, 3.8) is 0 Å². The number of pyridine rings is 1. The van der Waals surface area contributed by atoms with Gasteiger partial charge >= 0.3 is 0 Å². The molecule has 2 heterocycles. The standard InChI is InChI=1S/C24H31N3O2Si/c1-17-7-5-6-8-19(17)21-15-27(16-29-13-14-30(2,3)4)23-20(21)11-12-22(25-23)26-24(28)18-9-10-18/h5-8,11-12,15,18H,9-10,13-14,16H2,1-4H3,(H,25,26,28). The van der Waals surface area contributed by atoms with E-state index in [-0.39, 0.29) is 11.8 Å². The first-order chi connectivity index (χ1) is 14.3. The second-order valence-corrected chi connectivity index (χ2v) is 15.1. The van der Waals surface area contributed by atoms with Gasteiger partial charge in [0.1, 0.15) is 18.2 Å². The van der Waals surface area contributed by atoms with Crippen molar-refractivity contribution in [3.8, 4) is 11.1 Å². The fourth-order valence-electron chi connectivity index (χ4n) is 3.54. The summed E-state index contributed by atoms with van der Waals surface area (Å²) in [5.41, 5.74) is 4.40. The smallest absolute Gasteiger partial charge is 0.228 e. The summed E-state index contributed by atoms with van der Waals surface area (Å²) in [6.45, 7) is 10.4. The lowest BCUT2D eigenvalue weighted by molar-refractivity contribution is -0.117. The Kier molecular flexibility index (Phi) is 5.80. The van der Waals surface area contributed by atoms with Gasteiger partial charge in [0.2, 0.25) is 5.91 Å². The largest absolute Gasteiger partial charge is 0.361 e. The van der Waals surface area contributed by atoms with Crippen molar-refractivity contribution < 1.29 is 9.53 Å². The van der Waals surface area contributed by atoms with Gasteiger partial charge in [-0.15, -0.1) is 0 Å². The van der Waals surface area contributed by atoms with Crippen LogP contribution in [0.2, 0.25) is 25.7 Å². The highest BCUT2D eigenvalue weighted by atomic mass is 28.3. The lowest BCUT2D eigenvalue weighted by Gasteiger charge is -2.15. The average molecular weight is 422 g/mol. The van der Waals surface area contributed by atoms with E-state index < -0.39 is 8.07 Å². The number of ether oxygens (including phenoxy) is 1. The monoisotopic (exact) mass is 421 g/mol. The molecule has 6 heteroatoms. The molecule has 3 aromatic rings. The molecule has 2 aromatic heterocycles. The summed E-state index contributed by atoms with van der Waals surface area (Å²) in [5.74, 6) is 0.837. The molecule has 158 valence electrons. The maximum absolute atomic E-state index is 12.2. The summed E-state index contributed by atoms with van der Waals surface area (Å²) in [5, 5.41) is 4.04. The fraction of sp³-hybridized carbons (Fsp3) is 0.417. The molecule has 1 amide bonds. The molecule has 30 heavy (non-hydrogen) atoms.